The van der Waals surface area contributed by atoms with Crippen LogP contribution in [0.3, 0.4) is 0 Å². The standard InChI is InChI=1S/C18H25NO4/c20-16(14-18(17(21)22)9-4-10-18)19-11-5-12-23-13-8-15-6-2-1-3-7-15/h1-3,6-7H,4-5,8-14H2,(H,19,20)(H,21,22). The van der Waals surface area contributed by atoms with Crippen LogP contribution in [-0.4, -0.2) is 36.7 Å². The summed E-state index contributed by atoms with van der Waals surface area (Å²) in [4.78, 5) is 23.0. The summed E-state index contributed by atoms with van der Waals surface area (Å²) in [5.41, 5.74) is 0.441. The highest BCUT2D eigenvalue weighted by atomic mass is 16.5. The molecule has 1 amide bonds. The van der Waals surface area contributed by atoms with Gasteiger partial charge in [-0.2, -0.15) is 0 Å². The van der Waals surface area contributed by atoms with E-state index in [9.17, 15) is 14.7 Å². The van der Waals surface area contributed by atoms with Crippen molar-refractivity contribution in [3.05, 3.63) is 35.9 Å². The van der Waals surface area contributed by atoms with E-state index < -0.39 is 11.4 Å². The monoisotopic (exact) mass is 319 g/mol. The van der Waals surface area contributed by atoms with Gasteiger partial charge in [0.1, 0.15) is 0 Å². The molecule has 0 spiro atoms. The third-order valence-electron chi connectivity index (χ3n) is 4.43. The van der Waals surface area contributed by atoms with Gasteiger partial charge in [0.15, 0.2) is 0 Å². The number of hydrogen-bond donors (Lipinski definition) is 2. The fraction of sp³-hybridized carbons (Fsp3) is 0.556. The Balaban J connectivity index is 1.50. The van der Waals surface area contributed by atoms with Crippen LogP contribution < -0.4 is 5.32 Å². The zero-order valence-corrected chi connectivity index (χ0v) is 13.4. The Morgan fingerprint density at radius 1 is 1.17 bits per heavy atom. The molecule has 2 rings (SSSR count). The fourth-order valence-electron chi connectivity index (χ4n) is 2.78. The highest BCUT2D eigenvalue weighted by Crippen LogP contribution is 2.44. The second kappa shape index (κ2) is 8.67. The predicted molar refractivity (Wildman–Crippen MR) is 87.1 cm³/mol. The molecule has 0 bridgehead atoms. The topological polar surface area (TPSA) is 75.6 Å². The maximum absolute atomic E-state index is 11.8. The third-order valence-corrected chi connectivity index (χ3v) is 4.43. The van der Waals surface area contributed by atoms with Crippen LogP contribution in [0.25, 0.3) is 0 Å². The zero-order valence-electron chi connectivity index (χ0n) is 13.4. The number of carboxylic acid groups (broad SMARTS) is 1. The molecule has 0 atom stereocenters. The zero-order chi connectivity index (χ0) is 16.5. The molecular weight excluding hydrogens is 294 g/mol. The normalized spacial score (nSPS) is 15.7. The highest BCUT2D eigenvalue weighted by molar-refractivity contribution is 5.85. The van der Waals surface area contributed by atoms with Crippen LogP contribution >= 0.6 is 0 Å². The summed E-state index contributed by atoms with van der Waals surface area (Å²) in [7, 11) is 0. The van der Waals surface area contributed by atoms with Gasteiger partial charge in [-0.15, -0.1) is 0 Å². The van der Waals surface area contributed by atoms with E-state index in [4.69, 9.17) is 4.74 Å². The quantitative estimate of drug-likeness (QED) is 0.649. The van der Waals surface area contributed by atoms with Gasteiger partial charge in [-0.3, -0.25) is 9.59 Å². The van der Waals surface area contributed by atoms with Crippen LogP contribution in [0.1, 0.15) is 37.7 Å². The Morgan fingerprint density at radius 2 is 1.91 bits per heavy atom. The van der Waals surface area contributed by atoms with E-state index in [0.717, 1.165) is 19.3 Å². The van der Waals surface area contributed by atoms with Crippen LogP contribution in [0.15, 0.2) is 30.3 Å². The first-order chi connectivity index (χ1) is 11.1. The van der Waals surface area contributed by atoms with Crippen molar-refractivity contribution >= 4 is 11.9 Å². The first-order valence-corrected chi connectivity index (χ1v) is 8.24. The first-order valence-electron chi connectivity index (χ1n) is 8.24. The molecular formula is C18H25NO4. The third kappa shape index (κ3) is 5.36. The summed E-state index contributed by atoms with van der Waals surface area (Å²) in [5, 5.41) is 12.0. The van der Waals surface area contributed by atoms with Crippen molar-refractivity contribution in [3.8, 4) is 0 Å². The molecule has 0 heterocycles. The minimum atomic E-state index is -0.844. The maximum atomic E-state index is 11.8. The molecule has 1 fully saturated rings. The van der Waals surface area contributed by atoms with E-state index in [0.29, 0.717) is 32.6 Å². The van der Waals surface area contributed by atoms with Crippen LogP contribution in [-0.2, 0) is 20.7 Å². The number of hydrogen-bond acceptors (Lipinski definition) is 3. The summed E-state index contributed by atoms with van der Waals surface area (Å²) < 4.78 is 5.55. The molecule has 1 saturated carbocycles. The summed E-state index contributed by atoms with van der Waals surface area (Å²) in [5.74, 6) is -1.01. The molecule has 2 N–H and O–H groups in total. The minimum absolute atomic E-state index is 0.0944. The largest absolute Gasteiger partial charge is 0.481 e. The number of benzene rings is 1. The number of carboxylic acids is 1. The second-order valence-corrected chi connectivity index (χ2v) is 6.17. The van der Waals surface area contributed by atoms with Gasteiger partial charge in [0.2, 0.25) is 5.91 Å². The van der Waals surface area contributed by atoms with Crippen molar-refractivity contribution in [2.45, 2.75) is 38.5 Å². The van der Waals surface area contributed by atoms with Gasteiger partial charge < -0.3 is 15.2 Å². The van der Waals surface area contributed by atoms with Crippen LogP contribution in [0.2, 0.25) is 0 Å². The number of aliphatic carboxylic acids is 1. The van der Waals surface area contributed by atoms with E-state index in [1.807, 2.05) is 18.2 Å². The second-order valence-electron chi connectivity index (χ2n) is 6.17. The Kier molecular flexibility index (Phi) is 6.59. The Hall–Kier alpha value is -1.88. The van der Waals surface area contributed by atoms with Crippen LogP contribution in [0.4, 0.5) is 0 Å². The average molecular weight is 319 g/mol. The Labute approximate surface area is 137 Å². The van der Waals surface area contributed by atoms with Crippen LogP contribution in [0.5, 0.6) is 0 Å². The van der Waals surface area contributed by atoms with Crippen molar-refractivity contribution in [1.29, 1.82) is 0 Å². The lowest BCUT2D eigenvalue weighted by atomic mass is 9.66. The Bertz CT molecular complexity index is 511. The van der Waals surface area contributed by atoms with Crippen molar-refractivity contribution in [2.75, 3.05) is 19.8 Å². The van der Waals surface area contributed by atoms with Gasteiger partial charge in [-0.05, 0) is 31.2 Å². The number of carbonyl (C=O) groups is 2. The van der Waals surface area contributed by atoms with Crippen molar-refractivity contribution < 1.29 is 19.4 Å². The van der Waals surface area contributed by atoms with Gasteiger partial charge >= 0.3 is 5.97 Å². The number of ether oxygens (including phenoxy) is 1. The molecule has 126 valence electrons. The molecule has 1 aliphatic carbocycles. The number of amides is 1. The molecule has 0 unspecified atom stereocenters. The average Bonchev–Trinajstić information content (AvgIpc) is 2.50. The smallest absolute Gasteiger partial charge is 0.310 e. The number of rotatable bonds is 10. The Morgan fingerprint density at radius 3 is 2.52 bits per heavy atom. The summed E-state index contributed by atoms with van der Waals surface area (Å²) in [6.45, 7) is 1.79. The number of nitrogens with one attached hydrogen (secondary N) is 1. The van der Waals surface area contributed by atoms with E-state index >= 15 is 0 Å². The van der Waals surface area contributed by atoms with Gasteiger partial charge in [0, 0.05) is 19.6 Å². The molecule has 0 aromatic heterocycles. The molecule has 1 aromatic carbocycles. The molecule has 23 heavy (non-hydrogen) atoms. The number of carbonyl (C=O) groups excluding carboxylic acids is 1. The van der Waals surface area contributed by atoms with Gasteiger partial charge in [-0.25, -0.2) is 0 Å². The van der Waals surface area contributed by atoms with Gasteiger partial charge in [-0.1, -0.05) is 36.8 Å². The fourth-order valence-corrected chi connectivity index (χ4v) is 2.78. The highest BCUT2D eigenvalue weighted by Gasteiger charge is 2.45. The molecule has 1 aromatic rings. The predicted octanol–water partition coefficient (Wildman–Crippen LogP) is 2.40. The lowest BCUT2D eigenvalue weighted by molar-refractivity contribution is -0.157. The lowest BCUT2D eigenvalue weighted by Gasteiger charge is -2.36. The molecule has 5 heteroatoms. The minimum Gasteiger partial charge on any atom is -0.481 e. The molecule has 5 nitrogen and oxygen atoms in total. The van der Waals surface area contributed by atoms with Crippen molar-refractivity contribution in [2.24, 2.45) is 5.41 Å². The molecule has 1 aliphatic rings. The summed E-state index contributed by atoms with van der Waals surface area (Å²) >= 11 is 0. The first kappa shape index (κ1) is 17.5. The van der Waals surface area contributed by atoms with Gasteiger partial charge in [0.05, 0.1) is 12.0 Å². The molecule has 0 aliphatic heterocycles. The molecule has 0 radical (unpaired) electrons. The SMILES string of the molecule is O=C(CC1(C(=O)O)CCC1)NCCCOCCc1ccccc1. The van der Waals surface area contributed by atoms with Crippen molar-refractivity contribution in [3.63, 3.8) is 0 Å². The summed E-state index contributed by atoms with van der Waals surface area (Å²) in [6.07, 6.45) is 3.83. The maximum Gasteiger partial charge on any atom is 0.310 e. The van der Waals surface area contributed by atoms with Crippen molar-refractivity contribution in [1.82, 2.24) is 5.32 Å². The lowest BCUT2D eigenvalue weighted by Crippen LogP contribution is -2.42. The van der Waals surface area contributed by atoms with E-state index in [1.165, 1.54) is 5.56 Å². The van der Waals surface area contributed by atoms with E-state index in [-0.39, 0.29) is 12.3 Å². The van der Waals surface area contributed by atoms with Gasteiger partial charge in [0.25, 0.3) is 0 Å². The van der Waals surface area contributed by atoms with Crippen LogP contribution in [0, 0.1) is 5.41 Å². The van der Waals surface area contributed by atoms with E-state index in [2.05, 4.69) is 17.4 Å². The molecule has 0 saturated heterocycles. The summed E-state index contributed by atoms with van der Waals surface area (Å²) in [6, 6.07) is 10.2. The van der Waals surface area contributed by atoms with E-state index in [1.54, 1.807) is 0 Å².